The van der Waals surface area contributed by atoms with E-state index in [0.717, 1.165) is 0 Å². The highest BCUT2D eigenvalue weighted by atomic mass is 16.6. The maximum atomic E-state index is 12.9. The molecular weight excluding hydrogens is 392 g/mol. The molecule has 158 valence electrons. The first kappa shape index (κ1) is 21.0. The van der Waals surface area contributed by atoms with Crippen LogP contribution in [-0.2, 0) is 4.74 Å². The Hall–Kier alpha value is -3.69. The van der Waals surface area contributed by atoms with Gasteiger partial charge in [0.2, 0.25) is 0 Å². The maximum absolute atomic E-state index is 12.9. The SMILES string of the molecule is CCOC(=O)c1ccc(N2CCN(C(=O)c3cc([N+](=O)[O-])ccc3OC)CC2)nc1. The second kappa shape index (κ2) is 9.21. The van der Waals surface area contributed by atoms with Gasteiger partial charge in [0.1, 0.15) is 11.6 Å². The van der Waals surface area contributed by atoms with E-state index in [1.807, 2.05) is 4.90 Å². The lowest BCUT2D eigenvalue weighted by atomic mass is 10.1. The quantitative estimate of drug-likeness (QED) is 0.401. The summed E-state index contributed by atoms with van der Waals surface area (Å²) in [6.07, 6.45) is 1.47. The molecule has 0 bridgehead atoms. The highest BCUT2D eigenvalue weighted by Crippen LogP contribution is 2.26. The molecule has 1 aromatic heterocycles. The molecule has 0 aliphatic carbocycles. The number of ether oxygens (including phenoxy) is 2. The summed E-state index contributed by atoms with van der Waals surface area (Å²) >= 11 is 0. The summed E-state index contributed by atoms with van der Waals surface area (Å²) in [5.74, 6) is 0.256. The van der Waals surface area contributed by atoms with Gasteiger partial charge in [-0.3, -0.25) is 14.9 Å². The molecule has 10 heteroatoms. The van der Waals surface area contributed by atoms with Gasteiger partial charge in [0, 0.05) is 44.5 Å². The number of anilines is 1. The van der Waals surface area contributed by atoms with Crippen LogP contribution < -0.4 is 9.64 Å². The Morgan fingerprint density at radius 3 is 2.47 bits per heavy atom. The minimum atomic E-state index is -0.542. The predicted octanol–water partition coefficient (Wildman–Crippen LogP) is 2.14. The van der Waals surface area contributed by atoms with E-state index in [1.165, 1.54) is 31.5 Å². The fourth-order valence-corrected chi connectivity index (χ4v) is 3.19. The zero-order valence-electron chi connectivity index (χ0n) is 16.7. The van der Waals surface area contributed by atoms with E-state index in [-0.39, 0.29) is 17.2 Å². The maximum Gasteiger partial charge on any atom is 0.339 e. The van der Waals surface area contributed by atoms with Crippen molar-refractivity contribution < 1.29 is 24.0 Å². The lowest BCUT2D eigenvalue weighted by Crippen LogP contribution is -2.49. The third-order valence-electron chi connectivity index (χ3n) is 4.77. The van der Waals surface area contributed by atoms with Crippen molar-refractivity contribution in [3.05, 3.63) is 57.8 Å². The molecule has 0 saturated carbocycles. The van der Waals surface area contributed by atoms with Crippen LogP contribution in [-0.4, -0.2) is 66.6 Å². The van der Waals surface area contributed by atoms with Crippen LogP contribution in [0.15, 0.2) is 36.5 Å². The second-order valence-corrected chi connectivity index (χ2v) is 6.55. The number of carbonyl (C=O) groups excluding carboxylic acids is 2. The molecule has 1 aliphatic rings. The molecule has 1 aromatic carbocycles. The molecule has 0 radical (unpaired) electrons. The first-order chi connectivity index (χ1) is 14.4. The predicted molar refractivity (Wildman–Crippen MR) is 108 cm³/mol. The third-order valence-corrected chi connectivity index (χ3v) is 4.77. The summed E-state index contributed by atoms with van der Waals surface area (Å²) in [7, 11) is 1.42. The molecule has 10 nitrogen and oxygen atoms in total. The molecule has 3 rings (SSSR count). The Balaban J connectivity index is 1.67. The summed E-state index contributed by atoms with van der Waals surface area (Å²) < 4.78 is 10.2. The lowest BCUT2D eigenvalue weighted by Gasteiger charge is -2.35. The Kier molecular flexibility index (Phi) is 6.45. The summed E-state index contributed by atoms with van der Waals surface area (Å²) in [5.41, 5.74) is 0.382. The standard InChI is InChI=1S/C20H22N4O6/c1-3-30-20(26)14-4-7-18(21-13-14)22-8-10-23(11-9-22)19(25)16-12-15(24(27)28)5-6-17(16)29-2/h4-7,12-13H,3,8-11H2,1-2H3. The third kappa shape index (κ3) is 4.48. The molecule has 0 unspecified atom stereocenters. The van der Waals surface area contributed by atoms with E-state index in [1.54, 1.807) is 24.0 Å². The number of benzene rings is 1. The van der Waals surface area contributed by atoms with E-state index in [4.69, 9.17) is 9.47 Å². The van der Waals surface area contributed by atoms with Gasteiger partial charge in [0.05, 0.1) is 29.8 Å². The molecule has 2 aromatic rings. The Bertz CT molecular complexity index is 939. The number of nitro benzene ring substituents is 1. The van der Waals surface area contributed by atoms with Gasteiger partial charge < -0.3 is 19.3 Å². The fourth-order valence-electron chi connectivity index (χ4n) is 3.19. The minimum Gasteiger partial charge on any atom is -0.496 e. The minimum absolute atomic E-state index is 0.163. The molecule has 1 fully saturated rings. The van der Waals surface area contributed by atoms with Crippen LogP contribution in [0.25, 0.3) is 0 Å². The number of carbonyl (C=O) groups is 2. The van der Waals surface area contributed by atoms with Crippen LogP contribution in [0.2, 0.25) is 0 Å². The van der Waals surface area contributed by atoms with Crippen LogP contribution >= 0.6 is 0 Å². The smallest absolute Gasteiger partial charge is 0.339 e. The molecule has 1 aliphatic heterocycles. The number of nitrogens with zero attached hydrogens (tertiary/aromatic N) is 4. The van der Waals surface area contributed by atoms with Crippen molar-refractivity contribution >= 4 is 23.4 Å². The highest BCUT2D eigenvalue weighted by Gasteiger charge is 2.26. The average Bonchev–Trinajstić information content (AvgIpc) is 2.78. The molecule has 0 atom stereocenters. The van der Waals surface area contributed by atoms with Gasteiger partial charge in [-0.25, -0.2) is 9.78 Å². The van der Waals surface area contributed by atoms with Crippen LogP contribution in [0.3, 0.4) is 0 Å². The molecule has 2 heterocycles. The molecular formula is C20H22N4O6. The van der Waals surface area contributed by atoms with Gasteiger partial charge in [-0.15, -0.1) is 0 Å². The van der Waals surface area contributed by atoms with Crippen molar-refractivity contribution in [1.29, 1.82) is 0 Å². The summed E-state index contributed by atoms with van der Waals surface area (Å²) in [6.45, 7) is 3.96. The topological polar surface area (TPSA) is 115 Å². The number of hydrogen-bond donors (Lipinski definition) is 0. The van der Waals surface area contributed by atoms with Crippen molar-refractivity contribution in [1.82, 2.24) is 9.88 Å². The second-order valence-electron chi connectivity index (χ2n) is 6.55. The average molecular weight is 414 g/mol. The highest BCUT2D eigenvalue weighted by molar-refractivity contribution is 5.97. The number of pyridine rings is 1. The number of amides is 1. The van der Waals surface area contributed by atoms with Crippen molar-refractivity contribution in [3.63, 3.8) is 0 Å². The number of piperazine rings is 1. The van der Waals surface area contributed by atoms with Gasteiger partial charge in [-0.05, 0) is 25.1 Å². The number of rotatable bonds is 6. The largest absolute Gasteiger partial charge is 0.496 e. The summed E-state index contributed by atoms with van der Waals surface area (Å²) in [4.78, 5) is 43.1. The van der Waals surface area contributed by atoms with Gasteiger partial charge in [-0.2, -0.15) is 0 Å². The number of non-ortho nitro benzene ring substituents is 1. The summed E-state index contributed by atoms with van der Waals surface area (Å²) in [5, 5.41) is 11.1. The number of esters is 1. The van der Waals surface area contributed by atoms with Crippen LogP contribution in [0.1, 0.15) is 27.6 Å². The van der Waals surface area contributed by atoms with Crippen molar-refractivity contribution in [2.75, 3.05) is 44.8 Å². The van der Waals surface area contributed by atoms with E-state index in [2.05, 4.69) is 4.98 Å². The Labute approximate surface area is 173 Å². The number of methoxy groups -OCH3 is 1. The molecule has 0 N–H and O–H groups in total. The first-order valence-electron chi connectivity index (χ1n) is 9.44. The van der Waals surface area contributed by atoms with Gasteiger partial charge in [-0.1, -0.05) is 0 Å². The first-order valence-corrected chi connectivity index (χ1v) is 9.44. The summed E-state index contributed by atoms with van der Waals surface area (Å²) in [6, 6.07) is 7.37. The van der Waals surface area contributed by atoms with E-state index < -0.39 is 10.9 Å². The van der Waals surface area contributed by atoms with E-state index >= 15 is 0 Å². The number of aromatic nitrogens is 1. The van der Waals surface area contributed by atoms with Crippen LogP contribution in [0.4, 0.5) is 11.5 Å². The van der Waals surface area contributed by atoms with Crippen molar-refractivity contribution in [2.45, 2.75) is 6.92 Å². The lowest BCUT2D eigenvalue weighted by molar-refractivity contribution is -0.384. The molecule has 1 saturated heterocycles. The molecule has 0 spiro atoms. The van der Waals surface area contributed by atoms with Gasteiger partial charge >= 0.3 is 5.97 Å². The zero-order chi connectivity index (χ0) is 21.7. The fraction of sp³-hybridized carbons (Fsp3) is 0.350. The van der Waals surface area contributed by atoms with Gasteiger partial charge in [0.25, 0.3) is 11.6 Å². The normalized spacial score (nSPS) is 13.7. The van der Waals surface area contributed by atoms with Crippen LogP contribution in [0.5, 0.6) is 5.75 Å². The van der Waals surface area contributed by atoms with Crippen molar-refractivity contribution in [3.8, 4) is 5.75 Å². The Morgan fingerprint density at radius 2 is 1.90 bits per heavy atom. The monoisotopic (exact) mass is 414 g/mol. The van der Waals surface area contributed by atoms with Crippen LogP contribution in [0, 0.1) is 10.1 Å². The number of hydrogen-bond acceptors (Lipinski definition) is 8. The Morgan fingerprint density at radius 1 is 1.17 bits per heavy atom. The number of nitro groups is 1. The molecule has 30 heavy (non-hydrogen) atoms. The van der Waals surface area contributed by atoms with Crippen molar-refractivity contribution in [2.24, 2.45) is 0 Å². The van der Waals surface area contributed by atoms with E-state index in [9.17, 15) is 19.7 Å². The van der Waals surface area contributed by atoms with Gasteiger partial charge in [0.15, 0.2) is 0 Å². The molecule has 1 amide bonds. The van der Waals surface area contributed by atoms with E-state index in [0.29, 0.717) is 49.9 Å². The zero-order valence-corrected chi connectivity index (χ0v) is 16.7.